The molecule has 0 radical (unpaired) electrons. The van der Waals surface area contributed by atoms with Gasteiger partial charge in [-0.15, -0.1) is 0 Å². The van der Waals surface area contributed by atoms with E-state index in [0.717, 1.165) is 24.2 Å². The van der Waals surface area contributed by atoms with Gasteiger partial charge in [0.2, 0.25) is 0 Å². The summed E-state index contributed by atoms with van der Waals surface area (Å²) < 4.78 is 10.8. The van der Waals surface area contributed by atoms with Crippen LogP contribution in [0.1, 0.15) is 59.2 Å². The van der Waals surface area contributed by atoms with E-state index in [4.69, 9.17) is 9.47 Å². The van der Waals surface area contributed by atoms with Crippen LogP contribution in [0.25, 0.3) is 5.76 Å². The number of nitrogens with zero attached hydrogens (tertiary/aromatic N) is 3. The Morgan fingerprint density at radius 2 is 2.00 bits per heavy atom. The van der Waals surface area contributed by atoms with Crippen molar-refractivity contribution in [1.82, 2.24) is 9.97 Å². The van der Waals surface area contributed by atoms with Crippen LogP contribution in [-0.4, -0.2) is 45.9 Å². The van der Waals surface area contributed by atoms with Crippen molar-refractivity contribution in [2.75, 3.05) is 18.1 Å². The topological polar surface area (TPSA) is 119 Å². The minimum Gasteiger partial charge on any atom is -0.507 e. The van der Waals surface area contributed by atoms with Gasteiger partial charge in [0.05, 0.1) is 30.5 Å². The van der Waals surface area contributed by atoms with Crippen LogP contribution >= 0.6 is 11.3 Å². The van der Waals surface area contributed by atoms with E-state index in [9.17, 15) is 19.5 Å². The molecule has 4 rings (SSSR count). The number of ether oxygens (including phenoxy) is 2. The third kappa shape index (κ3) is 5.24. The number of benzene rings is 1. The van der Waals surface area contributed by atoms with E-state index >= 15 is 0 Å². The first-order valence-corrected chi connectivity index (χ1v) is 12.8. The fourth-order valence-electron chi connectivity index (χ4n) is 3.98. The minimum atomic E-state index is -1.00. The smallest absolute Gasteiger partial charge is 0.350 e. The standard InChI is InChI=1S/C27H27N3O6S/c1-4-6-13-36-19-11-7-9-17(14-19)22(31)20-21(18-10-8-12-28-15-18)30(25(33)23(20)32)27-29-16(3)24(37-27)26(34)35-5-2/h7-12,14-15,21,31H,4-6,13H2,1-3H3. The predicted octanol–water partition coefficient (Wildman–Crippen LogP) is 4.83. The number of rotatable bonds is 9. The highest BCUT2D eigenvalue weighted by atomic mass is 32.1. The number of hydrogen-bond acceptors (Lipinski definition) is 9. The SMILES string of the molecule is CCCCOc1cccc(C(O)=C2C(=O)C(=O)N(c3nc(C)c(C(=O)OCC)s3)C2c2cccnc2)c1. The fraction of sp³-hybridized carbons (Fsp3) is 0.296. The number of aryl methyl sites for hydroxylation is 1. The highest BCUT2D eigenvalue weighted by molar-refractivity contribution is 7.17. The highest BCUT2D eigenvalue weighted by Crippen LogP contribution is 2.43. The van der Waals surface area contributed by atoms with Gasteiger partial charge in [-0.25, -0.2) is 9.78 Å². The highest BCUT2D eigenvalue weighted by Gasteiger charge is 2.48. The molecule has 3 heterocycles. The number of Topliss-reactive ketones (excluding diaryl/α,β-unsaturated/α-hetero) is 1. The molecule has 1 fully saturated rings. The van der Waals surface area contributed by atoms with E-state index < -0.39 is 23.7 Å². The lowest BCUT2D eigenvalue weighted by Gasteiger charge is -2.22. The van der Waals surface area contributed by atoms with Crippen LogP contribution in [0.5, 0.6) is 5.75 Å². The number of carbonyl (C=O) groups excluding carboxylic acids is 3. The molecule has 0 spiro atoms. The molecule has 0 saturated carbocycles. The van der Waals surface area contributed by atoms with Gasteiger partial charge in [-0.1, -0.05) is 42.9 Å². The van der Waals surface area contributed by atoms with E-state index in [2.05, 4.69) is 16.9 Å². The van der Waals surface area contributed by atoms with Crippen molar-refractivity contribution in [1.29, 1.82) is 0 Å². The minimum absolute atomic E-state index is 0.103. The second kappa shape index (κ2) is 11.3. The van der Waals surface area contributed by atoms with Crippen molar-refractivity contribution in [3.63, 3.8) is 0 Å². The van der Waals surface area contributed by atoms with Crippen molar-refractivity contribution >= 4 is 39.9 Å². The van der Waals surface area contributed by atoms with Crippen molar-refractivity contribution in [3.05, 3.63) is 76.1 Å². The number of aliphatic hydroxyl groups is 1. The van der Waals surface area contributed by atoms with Crippen molar-refractivity contribution < 1.29 is 29.0 Å². The first-order chi connectivity index (χ1) is 17.9. The Balaban J connectivity index is 1.82. The molecule has 0 aliphatic carbocycles. The predicted molar refractivity (Wildman–Crippen MR) is 139 cm³/mol. The maximum Gasteiger partial charge on any atom is 0.350 e. The Morgan fingerprint density at radius 1 is 1.19 bits per heavy atom. The molecule has 1 saturated heterocycles. The molecule has 10 heteroatoms. The molecule has 1 unspecified atom stereocenters. The molecule has 1 atom stereocenters. The summed E-state index contributed by atoms with van der Waals surface area (Å²) in [6, 6.07) is 9.13. The van der Waals surface area contributed by atoms with Crippen molar-refractivity contribution in [2.24, 2.45) is 0 Å². The van der Waals surface area contributed by atoms with E-state index in [-0.39, 0.29) is 27.9 Å². The lowest BCUT2D eigenvalue weighted by molar-refractivity contribution is -0.132. The molecule has 1 amide bonds. The molecule has 1 N–H and O–H groups in total. The van der Waals surface area contributed by atoms with Gasteiger partial charge in [0.25, 0.3) is 5.78 Å². The number of unbranched alkanes of at least 4 members (excludes halogenated alkanes) is 1. The number of esters is 1. The summed E-state index contributed by atoms with van der Waals surface area (Å²) in [5.74, 6) is -2.09. The van der Waals surface area contributed by atoms with E-state index in [1.165, 1.54) is 11.1 Å². The summed E-state index contributed by atoms with van der Waals surface area (Å²) >= 11 is 0.955. The Hall–Kier alpha value is -4.05. The zero-order valence-electron chi connectivity index (χ0n) is 20.8. The van der Waals surface area contributed by atoms with Crippen LogP contribution in [0.15, 0.2) is 54.4 Å². The van der Waals surface area contributed by atoms with Gasteiger partial charge in [-0.3, -0.25) is 19.5 Å². The Labute approximate surface area is 218 Å². The normalized spacial score (nSPS) is 16.7. The Morgan fingerprint density at radius 3 is 2.70 bits per heavy atom. The van der Waals surface area contributed by atoms with Gasteiger partial charge in [0.1, 0.15) is 16.4 Å². The second-order valence-electron chi connectivity index (χ2n) is 8.32. The molecule has 1 aliphatic heterocycles. The second-order valence-corrected chi connectivity index (χ2v) is 9.29. The summed E-state index contributed by atoms with van der Waals surface area (Å²) in [5, 5.41) is 11.5. The molecule has 0 bridgehead atoms. The van der Waals surface area contributed by atoms with Crippen LogP contribution in [0.4, 0.5) is 5.13 Å². The molecule has 9 nitrogen and oxygen atoms in total. The average Bonchev–Trinajstić information content (AvgIpc) is 3.41. The monoisotopic (exact) mass is 521 g/mol. The first kappa shape index (κ1) is 26.0. The number of anilines is 1. The van der Waals surface area contributed by atoms with Gasteiger partial charge in [-0.05, 0) is 44.0 Å². The number of carbonyl (C=O) groups is 3. The molecule has 37 heavy (non-hydrogen) atoms. The third-order valence-electron chi connectivity index (χ3n) is 5.77. The average molecular weight is 522 g/mol. The summed E-state index contributed by atoms with van der Waals surface area (Å²) in [6.45, 7) is 6.09. The number of aromatic nitrogens is 2. The van der Waals surface area contributed by atoms with Crippen LogP contribution < -0.4 is 9.64 Å². The maximum absolute atomic E-state index is 13.3. The quantitative estimate of drug-likeness (QED) is 0.140. The lowest BCUT2D eigenvalue weighted by atomic mass is 9.96. The number of aliphatic hydroxyl groups excluding tert-OH is 1. The van der Waals surface area contributed by atoms with Gasteiger partial charge in [0, 0.05) is 18.0 Å². The van der Waals surface area contributed by atoms with Crippen LogP contribution in [0, 0.1) is 6.92 Å². The van der Waals surface area contributed by atoms with Crippen molar-refractivity contribution in [2.45, 2.75) is 39.7 Å². The zero-order valence-corrected chi connectivity index (χ0v) is 21.6. The third-order valence-corrected chi connectivity index (χ3v) is 6.91. The van der Waals surface area contributed by atoms with Crippen molar-refractivity contribution in [3.8, 4) is 5.75 Å². The molecule has 1 aromatic carbocycles. The molecule has 2 aromatic heterocycles. The van der Waals surface area contributed by atoms with Gasteiger partial charge >= 0.3 is 11.9 Å². The van der Waals surface area contributed by atoms with Crippen LogP contribution in [0.2, 0.25) is 0 Å². The molecule has 192 valence electrons. The first-order valence-electron chi connectivity index (χ1n) is 12.0. The maximum atomic E-state index is 13.3. The van der Waals surface area contributed by atoms with Crippen LogP contribution in [-0.2, 0) is 14.3 Å². The number of ketones is 1. The van der Waals surface area contributed by atoms with E-state index in [0.29, 0.717) is 29.2 Å². The van der Waals surface area contributed by atoms with Gasteiger partial charge in [-0.2, -0.15) is 0 Å². The van der Waals surface area contributed by atoms with E-state index in [1.807, 2.05) is 0 Å². The number of hydrogen-bond donors (Lipinski definition) is 1. The molecular formula is C27H27N3O6S. The fourth-order valence-corrected chi connectivity index (χ4v) is 4.96. The lowest BCUT2D eigenvalue weighted by Crippen LogP contribution is -2.29. The summed E-state index contributed by atoms with van der Waals surface area (Å²) in [4.78, 5) is 49.0. The summed E-state index contributed by atoms with van der Waals surface area (Å²) in [7, 11) is 0. The van der Waals surface area contributed by atoms with E-state index in [1.54, 1.807) is 56.4 Å². The Kier molecular flexibility index (Phi) is 7.98. The molecule has 3 aromatic rings. The largest absolute Gasteiger partial charge is 0.507 e. The molecular weight excluding hydrogens is 494 g/mol. The summed E-state index contributed by atoms with van der Waals surface area (Å²) in [5.41, 5.74) is 1.11. The number of pyridine rings is 1. The van der Waals surface area contributed by atoms with Gasteiger partial charge in [0.15, 0.2) is 5.13 Å². The Bertz CT molecular complexity index is 1350. The van der Waals surface area contributed by atoms with Crippen LogP contribution in [0.3, 0.4) is 0 Å². The summed E-state index contributed by atoms with van der Waals surface area (Å²) in [6.07, 6.45) is 4.94. The number of amides is 1. The number of thiazole rings is 1. The molecule has 1 aliphatic rings. The zero-order chi connectivity index (χ0) is 26.5. The van der Waals surface area contributed by atoms with Gasteiger partial charge < -0.3 is 14.6 Å².